The van der Waals surface area contributed by atoms with Crippen molar-refractivity contribution >= 4 is 10.0 Å². The van der Waals surface area contributed by atoms with Crippen molar-refractivity contribution in [3.63, 3.8) is 0 Å². The summed E-state index contributed by atoms with van der Waals surface area (Å²) < 4.78 is 29.2. The maximum absolute atomic E-state index is 11.2. The number of sulfonamides is 1. The summed E-state index contributed by atoms with van der Waals surface area (Å²) in [6.45, 7) is 1.27. The van der Waals surface area contributed by atoms with Crippen LogP contribution in [0.1, 0.15) is 18.9 Å². The third-order valence-corrected chi connectivity index (χ3v) is 3.37. The SMILES string of the molecule is NS(=O)(=O)c1ccnn1C1CCOCC1. The third kappa shape index (κ3) is 2.19. The summed E-state index contributed by atoms with van der Waals surface area (Å²) in [6.07, 6.45) is 2.99. The molecule has 15 heavy (non-hydrogen) atoms. The van der Waals surface area contributed by atoms with Gasteiger partial charge in [-0.15, -0.1) is 0 Å². The minimum Gasteiger partial charge on any atom is -0.381 e. The van der Waals surface area contributed by atoms with E-state index in [2.05, 4.69) is 5.10 Å². The predicted octanol–water partition coefficient (Wildman–Crippen LogP) is -0.118. The smallest absolute Gasteiger partial charge is 0.255 e. The lowest BCUT2D eigenvalue weighted by molar-refractivity contribution is 0.0636. The van der Waals surface area contributed by atoms with Crippen LogP contribution in [-0.4, -0.2) is 31.4 Å². The fourth-order valence-corrected chi connectivity index (χ4v) is 2.44. The van der Waals surface area contributed by atoms with Gasteiger partial charge in [0.05, 0.1) is 12.2 Å². The van der Waals surface area contributed by atoms with Gasteiger partial charge in [-0.05, 0) is 18.9 Å². The molecule has 0 aliphatic carbocycles. The molecule has 0 spiro atoms. The van der Waals surface area contributed by atoms with E-state index in [1.807, 2.05) is 0 Å². The van der Waals surface area contributed by atoms with Gasteiger partial charge in [0.2, 0.25) is 0 Å². The Kier molecular flexibility index (Phi) is 2.76. The maximum atomic E-state index is 11.2. The molecule has 2 N–H and O–H groups in total. The van der Waals surface area contributed by atoms with Crippen LogP contribution in [0.4, 0.5) is 0 Å². The summed E-state index contributed by atoms with van der Waals surface area (Å²) in [5, 5.41) is 9.18. The first-order valence-corrected chi connectivity index (χ1v) is 6.28. The summed E-state index contributed by atoms with van der Waals surface area (Å²) in [5.74, 6) is 0. The van der Waals surface area contributed by atoms with Crippen molar-refractivity contribution in [1.82, 2.24) is 9.78 Å². The largest absolute Gasteiger partial charge is 0.381 e. The molecule has 2 rings (SSSR count). The number of hydrogen-bond acceptors (Lipinski definition) is 4. The lowest BCUT2D eigenvalue weighted by atomic mass is 10.1. The summed E-state index contributed by atoms with van der Waals surface area (Å²) in [7, 11) is -3.68. The number of ether oxygens (including phenoxy) is 1. The molecular formula is C8H13N3O3S. The first-order valence-electron chi connectivity index (χ1n) is 4.73. The molecule has 84 valence electrons. The molecule has 0 atom stereocenters. The first-order chi connectivity index (χ1) is 7.09. The number of nitrogens with zero attached hydrogens (tertiary/aromatic N) is 2. The van der Waals surface area contributed by atoms with E-state index >= 15 is 0 Å². The third-order valence-electron chi connectivity index (χ3n) is 2.46. The van der Waals surface area contributed by atoms with E-state index in [0.29, 0.717) is 13.2 Å². The molecule has 0 bridgehead atoms. The van der Waals surface area contributed by atoms with Crippen LogP contribution in [0.15, 0.2) is 17.3 Å². The van der Waals surface area contributed by atoms with Gasteiger partial charge in [-0.25, -0.2) is 18.2 Å². The highest BCUT2D eigenvalue weighted by molar-refractivity contribution is 7.89. The van der Waals surface area contributed by atoms with E-state index in [-0.39, 0.29) is 11.1 Å². The lowest BCUT2D eigenvalue weighted by Gasteiger charge is -2.23. The van der Waals surface area contributed by atoms with Crippen LogP contribution < -0.4 is 5.14 Å². The van der Waals surface area contributed by atoms with Crippen LogP contribution in [0.5, 0.6) is 0 Å². The van der Waals surface area contributed by atoms with E-state index in [9.17, 15) is 8.42 Å². The van der Waals surface area contributed by atoms with Gasteiger partial charge < -0.3 is 4.74 Å². The summed E-state index contributed by atoms with van der Waals surface area (Å²) in [4.78, 5) is 0. The monoisotopic (exact) mass is 231 g/mol. The highest BCUT2D eigenvalue weighted by atomic mass is 32.2. The molecular weight excluding hydrogens is 218 g/mol. The molecule has 1 saturated heterocycles. The molecule has 0 saturated carbocycles. The van der Waals surface area contributed by atoms with Crippen LogP contribution in [0.3, 0.4) is 0 Å². The molecule has 1 aromatic rings. The topological polar surface area (TPSA) is 87.2 Å². The summed E-state index contributed by atoms with van der Waals surface area (Å²) >= 11 is 0. The molecule has 0 aromatic carbocycles. The van der Waals surface area contributed by atoms with Crippen molar-refractivity contribution in [2.24, 2.45) is 5.14 Å². The average Bonchev–Trinajstić information content (AvgIpc) is 2.67. The quantitative estimate of drug-likeness (QED) is 0.768. The molecule has 7 heteroatoms. The molecule has 0 unspecified atom stereocenters. The Bertz CT molecular complexity index is 434. The van der Waals surface area contributed by atoms with Gasteiger partial charge in [0.1, 0.15) is 0 Å². The van der Waals surface area contributed by atoms with E-state index in [1.54, 1.807) is 0 Å². The number of aromatic nitrogens is 2. The zero-order valence-corrected chi connectivity index (χ0v) is 8.98. The molecule has 0 radical (unpaired) electrons. The van der Waals surface area contributed by atoms with Crippen molar-refractivity contribution in [2.45, 2.75) is 23.9 Å². The molecule has 0 amide bonds. The Morgan fingerprint density at radius 3 is 2.73 bits per heavy atom. The summed E-state index contributed by atoms with van der Waals surface area (Å²) in [5.41, 5.74) is 0. The van der Waals surface area contributed by atoms with Crippen molar-refractivity contribution < 1.29 is 13.2 Å². The Labute approximate surface area is 88.1 Å². The fourth-order valence-electron chi connectivity index (χ4n) is 1.73. The van der Waals surface area contributed by atoms with Crippen LogP contribution in [-0.2, 0) is 14.8 Å². The molecule has 1 fully saturated rings. The van der Waals surface area contributed by atoms with Crippen LogP contribution in [0.25, 0.3) is 0 Å². The van der Waals surface area contributed by atoms with E-state index in [4.69, 9.17) is 9.88 Å². The molecule has 1 aliphatic rings. The standard InChI is InChI=1S/C8H13N3O3S/c9-15(12,13)8-1-4-10-11(8)7-2-5-14-6-3-7/h1,4,7H,2-3,5-6H2,(H2,9,12,13). The number of nitrogens with two attached hydrogens (primary N) is 1. The van der Waals surface area contributed by atoms with Crippen LogP contribution in [0, 0.1) is 0 Å². The van der Waals surface area contributed by atoms with Gasteiger partial charge in [0, 0.05) is 13.2 Å². The van der Waals surface area contributed by atoms with Crippen molar-refractivity contribution in [3.8, 4) is 0 Å². The minimum absolute atomic E-state index is 0.0714. The van der Waals surface area contributed by atoms with Gasteiger partial charge in [-0.1, -0.05) is 0 Å². The van der Waals surface area contributed by atoms with Gasteiger partial charge in [0.25, 0.3) is 10.0 Å². The van der Waals surface area contributed by atoms with Crippen LogP contribution in [0.2, 0.25) is 0 Å². The normalized spacial score (nSPS) is 19.3. The Hall–Kier alpha value is -0.920. The average molecular weight is 231 g/mol. The Morgan fingerprint density at radius 1 is 1.47 bits per heavy atom. The highest BCUT2D eigenvalue weighted by Crippen LogP contribution is 2.22. The molecule has 2 heterocycles. The van der Waals surface area contributed by atoms with Gasteiger partial charge >= 0.3 is 0 Å². The van der Waals surface area contributed by atoms with E-state index in [1.165, 1.54) is 16.9 Å². The molecule has 1 aromatic heterocycles. The lowest BCUT2D eigenvalue weighted by Crippen LogP contribution is -2.25. The predicted molar refractivity (Wildman–Crippen MR) is 52.7 cm³/mol. The fraction of sp³-hybridized carbons (Fsp3) is 0.625. The zero-order chi connectivity index (χ0) is 10.9. The second-order valence-corrected chi connectivity index (χ2v) is 5.01. The van der Waals surface area contributed by atoms with Crippen LogP contribution >= 0.6 is 0 Å². The highest BCUT2D eigenvalue weighted by Gasteiger charge is 2.22. The van der Waals surface area contributed by atoms with Gasteiger partial charge in [-0.2, -0.15) is 5.10 Å². The van der Waals surface area contributed by atoms with Crippen molar-refractivity contribution in [2.75, 3.05) is 13.2 Å². The van der Waals surface area contributed by atoms with E-state index < -0.39 is 10.0 Å². The molecule has 6 nitrogen and oxygen atoms in total. The van der Waals surface area contributed by atoms with Crippen molar-refractivity contribution in [3.05, 3.63) is 12.3 Å². The maximum Gasteiger partial charge on any atom is 0.255 e. The van der Waals surface area contributed by atoms with E-state index in [0.717, 1.165) is 12.8 Å². The number of rotatable bonds is 2. The first kappa shape index (κ1) is 10.6. The Balaban J connectivity index is 2.32. The molecule has 1 aliphatic heterocycles. The second kappa shape index (κ2) is 3.92. The zero-order valence-electron chi connectivity index (χ0n) is 8.17. The summed E-state index contributed by atoms with van der Waals surface area (Å²) in [6, 6.07) is 1.49. The Morgan fingerprint density at radius 2 is 2.13 bits per heavy atom. The second-order valence-electron chi connectivity index (χ2n) is 3.50. The van der Waals surface area contributed by atoms with Gasteiger partial charge in [-0.3, -0.25) is 0 Å². The van der Waals surface area contributed by atoms with Gasteiger partial charge in [0.15, 0.2) is 5.03 Å². The minimum atomic E-state index is -3.68. The number of primary sulfonamides is 1. The number of hydrogen-bond donors (Lipinski definition) is 1. The van der Waals surface area contributed by atoms with Crippen molar-refractivity contribution in [1.29, 1.82) is 0 Å².